The molecule has 0 unspecified atom stereocenters. The van der Waals surface area contributed by atoms with E-state index in [9.17, 15) is 4.79 Å². The molecule has 2 nitrogen and oxygen atoms in total. The van der Waals surface area contributed by atoms with Crippen LogP contribution in [0.3, 0.4) is 0 Å². The predicted octanol–water partition coefficient (Wildman–Crippen LogP) is 5.14. The van der Waals surface area contributed by atoms with Gasteiger partial charge in [-0.3, -0.25) is 4.79 Å². The molecule has 0 bridgehead atoms. The van der Waals surface area contributed by atoms with E-state index >= 15 is 0 Å². The van der Waals surface area contributed by atoms with Crippen LogP contribution in [0.15, 0.2) is 59.1 Å². The van der Waals surface area contributed by atoms with Gasteiger partial charge in [-0.15, -0.1) is 11.8 Å². The minimum Gasteiger partial charge on any atom is -0.325 e. The topological polar surface area (TPSA) is 29.1 Å². The van der Waals surface area contributed by atoms with Gasteiger partial charge in [0.05, 0.1) is 5.25 Å². The fourth-order valence-electron chi connectivity index (χ4n) is 2.07. The molecule has 0 aliphatic carbocycles. The molecule has 0 saturated heterocycles. The number of amides is 1. The molecule has 2 aromatic rings. The summed E-state index contributed by atoms with van der Waals surface area (Å²) < 4.78 is 0.966. The second-order valence-corrected chi connectivity index (χ2v) is 7.47. The van der Waals surface area contributed by atoms with Gasteiger partial charge in [0, 0.05) is 10.2 Å². The number of halogens is 1. The Balaban J connectivity index is 1.70. The molecule has 0 aliphatic heterocycles. The zero-order valence-electron chi connectivity index (χ0n) is 12.6. The van der Waals surface area contributed by atoms with E-state index < -0.39 is 0 Å². The van der Waals surface area contributed by atoms with Gasteiger partial charge in [-0.25, -0.2) is 0 Å². The van der Waals surface area contributed by atoms with E-state index in [1.165, 1.54) is 5.56 Å². The lowest BCUT2D eigenvalue weighted by atomic mass is 10.1. The van der Waals surface area contributed by atoms with Crippen LogP contribution in [-0.4, -0.2) is 16.9 Å². The zero-order valence-corrected chi connectivity index (χ0v) is 15.0. The van der Waals surface area contributed by atoms with Crippen LogP contribution in [0.4, 0.5) is 5.69 Å². The van der Waals surface area contributed by atoms with Crippen LogP contribution < -0.4 is 5.32 Å². The molecule has 1 N–H and O–H groups in total. The van der Waals surface area contributed by atoms with Crippen molar-refractivity contribution in [3.8, 4) is 0 Å². The first-order chi connectivity index (χ1) is 10.6. The van der Waals surface area contributed by atoms with E-state index in [4.69, 9.17) is 0 Å². The maximum Gasteiger partial charge on any atom is 0.237 e. The molecule has 22 heavy (non-hydrogen) atoms. The first-order valence-corrected chi connectivity index (χ1v) is 9.21. The Morgan fingerprint density at radius 2 is 1.95 bits per heavy atom. The monoisotopic (exact) mass is 377 g/mol. The summed E-state index contributed by atoms with van der Waals surface area (Å²) in [6.07, 6.45) is 2.15. The number of aryl methyl sites for hydroxylation is 1. The minimum atomic E-state index is -0.0465. The number of rotatable bonds is 7. The highest BCUT2D eigenvalue weighted by Crippen LogP contribution is 2.19. The van der Waals surface area contributed by atoms with Crippen LogP contribution >= 0.6 is 27.7 Å². The molecule has 1 amide bonds. The van der Waals surface area contributed by atoms with Crippen molar-refractivity contribution in [2.24, 2.45) is 0 Å². The summed E-state index contributed by atoms with van der Waals surface area (Å²) in [7, 11) is 0. The average Bonchev–Trinajstić information content (AvgIpc) is 2.52. The summed E-state index contributed by atoms with van der Waals surface area (Å²) in [6, 6.07) is 18.1. The molecule has 0 aromatic heterocycles. The SMILES string of the molecule is C[C@H](SCCCc1ccccc1)C(=O)Nc1cccc(Br)c1. The van der Waals surface area contributed by atoms with Crippen molar-refractivity contribution >= 4 is 39.3 Å². The Bertz CT molecular complexity index is 603. The molecule has 0 radical (unpaired) electrons. The molecule has 0 heterocycles. The molecule has 0 aliphatic rings. The van der Waals surface area contributed by atoms with Gasteiger partial charge in [0.2, 0.25) is 5.91 Å². The standard InChI is InChI=1S/C18H20BrNOS/c1-14(18(21)20-17-11-5-10-16(19)13-17)22-12-6-9-15-7-3-2-4-8-15/h2-5,7-8,10-11,13-14H,6,9,12H2,1H3,(H,20,21)/t14-/m0/s1. The number of benzene rings is 2. The van der Waals surface area contributed by atoms with Crippen LogP contribution in [0, 0.1) is 0 Å². The third-order valence-corrected chi connectivity index (χ3v) is 5.01. The predicted molar refractivity (Wildman–Crippen MR) is 99.5 cm³/mol. The number of carbonyl (C=O) groups excluding carboxylic acids is 1. The number of anilines is 1. The number of hydrogen-bond acceptors (Lipinski definition) is 2. The van der Waals surface area contributed by atoms with Gasteiger partial charge < -0.3 is 5.32 Å². The number of hydrogen-bond donors (Lipinski definition) is 1. The maximum atomic E-state index is 12.1. The molecular weight excluding hydrogens is 358 g/mol. The molecule has 0 fully saturated rings. The van der Waals surface area contributed by atoms with E-state index in [0.717, 1.165) is 28.8 Å². The largest absolute Gasteiger partial charge is 0.325 e. The van der Waals surface area contributed by atoms with E-state index in [-0.39, 0.29) is 11.2 Å². The van der Waals surface area contributed by atoms with Crippen molar-refractivity contribution < 1.29 is 4.79 Å². The van der Waals surface area contributed by atoms with Gasteiger partial charge in [-0.1, -0.05) is 52.3 Å². The summed E-state index contributed by atoms with van der Waals surface area (Å²) in [4.78, 5) is 12.1. The lowest BCUT2D eigenvalue weighted by molar-refractivity contribution is -0.115. The van der Waals surface area contributed by atoms with Crippen molar-refractivity contribution in [3.63, 3.8) is 0 Å². The van der Waals surface area contributed by atoms with Gasteiger partial charge in [-0.2, -0.15) is 0 Å². The lowest BCUT2D eigenvalue weighted by Crippen LogP contribution is -2.22. The van der Waals surface area contributed by atoms with Crippen LogP contribution in [0.2, 0.25) is 0 Å². The van der Waals surface area contributed by atoms with E-state index in [1.807, 2.05) is 37.3 Å². The van der Waals surface area contributed by atoms with Gasteiger partial charge in [0.1, 0.15) is 0 Å². The molecule has 4 heteroatoms. The average molecular weight is 378 g/mol. The summed E-state index contributed by atoms with van der Waals surface area (Å²) >= 11 is 5.11. The maximum absolute atomic E-state index is 12.1. The van der Waals surface area contributed by atoms with Crippen LogP contribution in [0.25, 0.3) is 0 Å². The quantitative estimate of drug-likeness (QED) is 0.676. The van der Waals surface area contributed by atoms with Crippen molar-refractivity contribution in [2.45, 2.75) is 25.0 Å². The Kier molecular flexibility index (Phi) is 7.00. The number of nitrogens with one attached hydrogen (secondary N) is 1. The van der Waals surface area contributed by atoms with Gasteiger partial charge in [0.25, 0.3) is 0 Å². The van der Waals surface area contributed by atoms with Crippen molar-refractivity contribution in [1.29, 1.82) is 0 Å². The highest BCUT2D eigenvalue weighted by atomic mass is 79.9. The fourth-order valence-corrected chi connectivity index (χ4v) is 3.34. The minimum absolute atomic E-state index is 0.0465. The highest BCUT2D eigenvalue weighted by Gasteiger charge is 2.13. The summed E-state index contributed by atoms with van der Waals surface area (Å²) in [6.45, 7) is 1.96. The molecule has 0 spiro atoms. The Labute approximate surface area is 144 Å². The Morgan fingerprint density at radius 3 is 2.68 bits per heavy atom. The third-order valence-electron chi connectivity index (χ3n) is 3.28. The summed E-state index contributed by atoms with van der Waals surface area (Å²) in [5, 5.41) is 2.90. The second-order valence-electron chi connectivity index (χ2n) is 5.10. The normalized spacial score (nSPS) is 11.9. The Morgan fingerprint density at radius 1 is 1.18 bits per heavy atom. The number of thioether (sulfide) groups is 1. The third kappa shape index (κ3) is 5.85. The van der Waals surface area contributed by atoms with Gasteiger partial charge in [0.15, 0.2) is 0 Å². The fraction of sp³-hybridized carbons (Fsp3) is 0.278. The molecule has 2 aromatic carbocycles. The van der Waals surface area contributed by atoms with Crippen LogP contribution in [0.5, 0.6) is 0 Å². The highest BCUT2D eigenvalue weighted by molar-refractivity contribution is 9.10. The molecular formula is C18H20BrNOS. The van der Waals surface area contributed by atoms with E-state index in [0.29, 0.717) is 0 Å². The molecule has 0 saturated carbocycles. The lowest BCUT2D eigenvalue weighted by Gasteiger charge is -2.12. The molecule has 2 rings (SSSR count). The van der Waals surface area contributed by atoms with E-state index in [2.05, 4.69) is 45.5 Å². The van der Waals surface area contributed by atoms with Gasteiger partial charge >= 0.3 is 0 Å². The summed E-state index contributed by atoms with van der Waals surface area (Å²) in [5.41, 5.74) is 2.19. The zero-order chi connectivity index (χ0) is 15.8. The van der Waals surface area contributed by atoms with Crippen LogP contribution in [-0.2, 0) is 11.2 Å². The second kappa shape index (κ2) is 9.01. The van der Waals surface area contributed by atoms with Crippen molar-refractivity contribution in [1.82, 2.24) is 0 Å². The van der Waals surface area contributed by atoms with Crippen molar-refractivity contribution in [3.05, 3.63) is 64.6 Å². The van der Waals surface area contributed by atoms with Crippen LogP contribution in [0.1, 0.15) is 18.9 Å². The first-order valence-electron chi connectivity index (χ1n) is 7.37. The Hall–Kier alpha value is -1.26. The molecule has 116 valence electrons. The van der Waals surface area contributed by atoms with E-state index in [1.54, 1.807) is 11.8 Å². The smallest absolute Gasteiger partial charge is 0.237 e. The summed E-state index contributed by atoms with van der Waals surface area (Å²) in [5.74, 6) is 1.05. The van der Waals surface area contributed by atoms with Gasteiger partial charge in [-0.05, 0) is 49.3 Å². The number of carbonyl (C=O) groups is 1. The van der Waals surface area contributed by atoms with Crippen molar-refractivity contribution in [2.75, 3.05) is 11.1 Å². The molecule has 1 atom stereocenters. The first kappa shape index (κ1) is 17.1.